The highest BCUT2D eigenvalue weighted by molar-refractivity contribution is 6.30. The number of hydrogen-bond acceptors (Lipinski definition) is 2. The third-order valence-corrected chi connectivity index (χ3v) is 4.50. The predicted octanol–water partition coefficient (Wildman–Crippen LogP) is 2.55. The second-order valence-electron chi connectivity index (χ2n) is 5.66. The lowest BCUT2D eigenvalue weighted by molar-refractivity contribution is 0.0929. The van der Waals surface area contributed by atoms with Crippen LogP contribution in [0.5, 0.6) is 0 Å². The summed E-state index contributed by atoms with van der Waals surface area (Å²) in [4.78, 5) is 14.7. The first-order chi connectivity index (χ1) is 9.20. The molecule has 0 aliphatic carbocycles. The number of carbonyl (C=O) groups is 1. The maximum absolute atomic E-state index is 12.2. The van der Waals surface area contributed by atoms with E-state index in [4.69, 9.17) is 11.6 Å². The number of nitrogens with one attached hydrogen (secondary N) is 1. The van der Waals surface area contributed by atoms with E-state index in [0.717, 1.165) is 18.9 Å². The Hall–Kier alpha value is -1.06. The Labute approximate surface area is 118 Å². The zero-order chi connectivity index (χ0) is 13.2. The van der Waals surface area contributed by atoms with Gasteiger partial charge in [-0.15, -0.1) is 0 Å². The van der Waals surface area contributed by atoms with E-state index in [-0.39, 0.29) is 11.9 Å². The summed E-state index contributed by atoms with van der Waals surface area (Å²) < 4.78 is 0. The fraction of sp³-hybridized carbons (Fsp3) is 0.533. The standard InChI is InChI=1S/C15H19ClN2O/c16-13-3-1-12(2-4-13)15(19)17-14-9-11-5-7-18(10-14)8-6-11/h1-4,11,14H,5-10H2,(H,17,19). The van der Waals surface area contributed by atoms with Gasteiger partial charge in [0.2, 0.25) is 0 Å². The van der Waals surface area contributed by atoms with Gasteiger partial charge in [0.05, 0.1) is 0 Å². The fourth-order valence-electron chi connectivity index (χ4n) is 3.17. The summed E-state index contributed by atoms with van der Waals surface area (Å²) >= 11 is 5.84. The van der Waals surface area contributed by atoms with E-state index in [1.165, 1.54) is 25.9 Å². The van der Waals surface area contributed by atoms with Gasteiger partial charge in [0.1, 0.15) is 0 Å². The van der Waals surface area contributed by atoms with Gasteiger partial charge in [-0.1, -0.05) is 11.6 Å². The number of rotatable bonds is 2. The van der Waals surface area contributed by atoms with E-state index in [9.17, 15) is 4.79 Å². The Morgan fingerprint density at radius 3 is 2.58 bits per heavy atom. The van der Waals surface area contributed by atoms with Gasteiger partial charge in [-0.25, -0.2) is 0 Å². The molecule has 102 valence electrons. The van der Waals surface area contributed by atoms with Gasteiger partial charge >= 0.3 is 0 Å². The van der Waals surface area contributed by atoms with Crippen LogP contribution in [0.1, 0.15) is 29.6 Å². The summed E-state index contributed by atoms with van der Waals surface area (Å²) in [5, 5.41) is 3.83. The molecule has 19 heavy (non-hydrogen) atoms. The molecule has 4 heteroatoms. The normalized spacial score (nSPS) is 29.8. The Kier molecular flexibility index (Phi) is 3.76. The molecule has 0 aromatic heterocycles. The maximum Gasteiger partial charge on any atom is 0.251 e. The minimum Gasteiger partial charge on any atom is -0.348 e. The molecule has 0 radical (unpaired) electrons. The summed E-state index contributed by atoms with van der Waals surface area (Å²) in [6.45, 7) is 3.38. The molecule has 2 bridgehead atoms. The van der Waals surface area contributed by atoms with Gasteiger partial charge in [0, 0.05) is 23.2 Å². The Bertz CT molecular complexity index is 438. The van der Waals surface area contributed by atoms with Crippen molar-refractivity contribution in [2.24, 2.45) is 5.92 Å². The lowest BCUT2D eigenvalue weighted by Gasteiger charge is -2.26. The van der Waals surface area contributed by atoms with E-state index < -0.39 is 0 Å². The first-order valence-corrected chi connectivity index (χ1v) is 7.37. The van der Waals surface area contributed by atoms with Crippen LogP contribution < -0.4 is 5.32 Å². The zero-order valence-corrected chi connectivity index (χ0v) is 11.7. The van der Waals surface area contributed by atoms with Crippen LogP contribution >= 0.6 is 11.6 Å². The molecule has 3 heterocycles. The van der Waals surface area contributed by atoms with Gasteiger partial charge < -0.3 is 10.2 Å². The number of amides is 1. The number of benzene rings is 1. The molecular weight excluding hydrogens is 260 g/mol. The van der Waals surface area contributed by atoms with Gasteiger partial charge in [0.15, 0.2) is 0 Å². The molecule has 3 fully saturated rings. The second kappa shape index (κ2) is 5.51. The van der Waals surface area contributed by atoms with Crippen LogP contribution in [0.4, 0.5) is 0 Å². The smallest absolute Gasteiger partial charge is 0.251 e. The summed E-state index contributed by atoms with van der Waals surface area (Å²) in [7, 11) is 0. The topological polar surface area (TPSA) is 32.3 Å². The number of carbonyl (C=O) groups excluding carboxylic acids is 1. The lowest BCUT2D eigenvalue weighted by atomic mass is 9.94. The molecular formula is C15H19ClN2O. The van der Waals surface area contributed by atoms with Crippen LogP contribution in [0, 0.1) is 5.92 Å². The van der Waals surface area contributed by atoms with Gasteiger partial charge in [-0.05, 0) is 62.5 Å². The van der Waals surface area contributed by atoms with Crippen molar-refractivity contribution in [3.05, 3.63) is 34.9 Å². The predicted molar refractivity (Wildman–Crippen MR) is 76.5 cm³/mol. The van der Waals surface area contributed by atoms with Crippen molar-refractivity contribution in [2.45, 2.75) is 25.3 Å². The molecule has 3 saturated heterocycles. The highest BCUT2D eigenvalue weighted by Crippen LogP contribution is 2.26. The molecule has 4 rings (SSSR count). The highest BCUT2D eigenvalue weighted by Gasteiger charge is 2.29. The molecule has 1 atom stereocenters. The Morgan fingerprint density at radius 2 is 1.89 bits per heavy atom. The molecule has 1 N–H and O–H groups in total. The van der Waals surface area contributed by atoms with Crippen molar-refractivity contribution in [3.63, 3.8) is 0 Å². The summed E-state index contributed by atoms with van der Waals surface area (Å²) in [6.07, 6.45) is 3.69. The quantitative estimate of drug-likeness (QED) is 0.902. The van der Waals surface area contributed by atoms with Crippen LogP contribution in [-0.4, -0.2) is 36.5 Å². The van der Waals surface area contributed by atoms with Crippen molar-refractivity contribution in [2.75, 3.05) is 19.6 Å². The number of hydrogen-bond donors (Lipinski definition) is 1. The molecule has 3 nitrogen and oxygen atoms in total. The molecule has 3 aliphatic rings. The third kappa shape index (κ3) is 3.10. The van der Waals surface area contributed by atoms with Crippen molar-refractivity contribution in [1.82, 2.24) is 10.2 Å². The molecule has 1 unspecified atom stereocenters. The molecule has 3 aliphatic heterocycles. The summed E-state index contributed by atoms with van der Waals surface area (Å²) in [5.41, 5.74) is 0.691. The minimum absolute atomic E-state index is 0.0177. The Morgan fingerprint density at radius 1 is 1.21 bits per heavy atom. The maximum atomic E-state index is 12.2. The monoisotopic (exact) mass is 278 g/mol. The average Bonchev–Trinajstić information content (AvgIpc) is 2.71. The summed E-state index contributed by atoms with van der Waals surface area (Å²) in [5.74, 6) is 0.804. The van der Waals surface area contributed by atoms with Gasteiger partial charge in [-0.3, -0.25) is 4.79 Å². The van der Waals surface area contributed by atoms with Crippen molar-refractivity contribution < 1.29 is 4.79 Å². The van der Waals surface area contributed by atoms with E-state index in [2.05, 4.69) is 10.2 Å². The van der Waals surface area contributed by atoms with Crippen LogP contribution in [0.3, 0.4) is 0 Å². The fourth-order valence-corrected chi connectivity index (χ4v) is 3.29. The number of halogens is 1. The van der Waals surface area contributed by atoms with Crippen molar-refractivity contribution in [1.29, 1.82) is 0 Å². The van der Waals surface area contributed by atoms with E-state index in [1.54, 1.807) is 24.3 Å². The molecule has 0 spiro atoms. The molecule has 1 aromatic carbocycles. The SMILES string of the molecule is O=C(NC1CC2CCN(CC2)C1)c1ccc(Cl)cc1. The molecule has 0 saturated carbocycles. The van der Waals surface area contributed by atoms with Crippen LogP contribution in [0.25, 0.3) is 0 Å². The van der Waals surface area contributed by atoms with Crippen molar-refractivity contribution >= 4 is 17.5 Å². The van der Waals surface area contributed by atoms with E-state index in [1.807, 2.05) is 0 Å². The number of fused-ring (bicyclic) bond motifs is 4. The van der Waals surface area contributed by atoms with Gasteiger partial charge in [-0.2, -0.15) is 0 Å². The first kappa shape index (κ1) is 12.9. The van der Waals surface area contributed by atoms with Crippen LogP contribution in [-0.2, 0) is 0 Å². The average molecular weight is 279 g/mol. The lowest BCUT2D eigenvalue weighted by Crippen LogP contribution is -2.41. The van der Waals surface area contributed by atoms with E-state index in [0.29, 0.717) is 10.6 Å². The Balaban J connectivity index is 1.64. The second-order valence-corrected chi connectivity index (χ2v) is 6.09. The minimum atomic E-state index is 0.0177. The van der Waals surface area contributed by atoms with Crippen molar-refractivity contribution in [3.8, 4) is 0 Å². The third-order valence-electron chi connectivity index (χ3n) is 4.25. The molecule has 1 aromatic rings. The summed E-state index contributed by atoms with van der Waals surface area (Å²) in [6, 6.07) is 7.37. The number of piperidine rings is 1. The number of nitrogens with zero attached hydrogens (tertiary/aromatic N) is 1. The zero-order valence-electron chi connectivity index (χ0n) is 10.9. The largest absolute Gasteiger partial charge is 0.348 e. The first-order valence-electron chi connectivity index (χ1n) is 6.99. The van der Waals surface area contributed by atoms with Gasteiger partial charge in [0.25, 0.3) is 5.91 Å². The van der Waals surface area contributed by atoms with E-state index >= 15 is 0 Å². The van der Waals surface area contributed by atoms with Crippen LogP contribution in [0.2, 0.25) is 5.02 Å². The molecule has 1 amide bonds. The van der Waals surface area contributed by atoms with Crippen LogP contribution in [0.15, 0.2) is 24.3 Å². The highest BCUT2D eigenvalue weighted by atomic mass is 35.5.